The third-order valence-electron chi connectivity index (χ3n) is 2.70. The molecule has 0 fully saturated rings. The fraction of sp³-hybridized carbons (Fsp3) is 0.286. The van der Waals surface area contributed by atoms with Gasteiger partial charge in [-0.3, -0.25) is 9.97 Å². The number of nitrogens with zero attached hydrogens (tertiary/aromatic N) is 2. The van der Waals surface area contributed by atoms with Crippen molar-refractivity contribution in [2.45, 2.75) is 19.9 Å². The van der Waals surface area contributed by atoms with Crippen LogP contribution in [0.25, 0.3) is 0 Å². The van der Waals surface area contributed by atoms with Crippen LogP contribution in [0.2, 0.25) is 5.02 Å². The molecule has 0 saturated carbocycles. The minimum atomic E-state index is -0.0175. The lowest BCUT2D eigenvalue weighted by Gasteiger charge is -2.18. The SMILES string of the molecule is CCNC(c1cncc(C)c1)c1ncccc1Cl. The number of aryl methyl sites for hydroxylation is 1. The van der Waals surface area contributed by atoms with E-state index in [-0.39, 0.29) is 6.04 Å². The number of halogens is 1. The summed E-state index contributed by atoms with van der Waals surface area (Å²) in [5.41, 5.74) is 3.05. The lowest BCUT2D eigenvalue weighted by molar-refractivity contribution is 0.613. The maximum absolute atomic E-state index is 6.22. The summed E-state index contributed by atoms with van der Waals surface area (Å²) in [7, 11) is 0. The predicted octanol–water partition coefficient (Wildman–Crippen LogP) is 3.14. The van der Waals surface area contributed by atoms with Gasteiger partial charge in [0.1, 0.15) is 0 Å². The zero-order valence-corrected chi connectivity index (χ0v) is 11.3. The van der Waals surface area contributed by atoms with Crippen LogP contribution in [0.4, 0.5) is 0 Å². The molecule has 1 unspecified atom stereocenters. The second-order valence-corrected chi connectivity index (χ2v) is 4.56. The van der Waals surface area contributed by atoms with Gasteiger partial charge in [0.2, 0.25) is 0 Å². The summed E-state index contributed by atoms with van der Waals surface area (Å²) in [6.45, 7) is 4.93. The van der Waals surface area contributed by atoms with E-state index in [1.165, 1.54) is 0 Å². The van der Waals surface area contributed by atoms with Crippen LogP contribution in [0.5, 0.6) is 0 Å². The topological polar surface area (TPSA) is 37.8 Å². The Balaban J connectivity index is 2.43. The molecular formula is C14H16ClN3. The van der Waals surface area contributed by atoms with Crippen molar-refractivity contribution in [3.05, 3.63) is 58.6 Å². The highest BCUT2D eigenvalue weighted by atomic mass is 35.5. The minimum absolute atomic E-state index is 0.0175. The van der Waals surface area contributed by atoms with E-state index in [1.807, 2.05) is 31.5 Å². The van der Waals surface area contributed by atoms with Gasteiger partial charge < -0.3 is 5.32 Å². The van der Waals surface area contributed by atoms with Crippen molar-refractivity contribution in [3.8, 4) is 0 Å². The number of aromatic nitrogens is 2. The van der Waals surface area contributed by atoms with Gasteiger partial charge in [0.25, 0.3) is 0 Å². The number of hydrogen-bond acceptors (Lipinski definition) is 3. The molecule has 0 amide bonds. The van der Waals surface area contributed by atoms with Crippen LogP contribution >= 0.6 is 11.6 Å². The summed E-state index contributed by atoms with van der Waals surface area (Å²) < 4.78 is 0. The summed E-state index contributed by atoms with van der Waals surface area (Å²) in [6, 6.07) is 5.78. The van der Waals surface area contributed by atoms with Crippen LogP contribution in [0.3, 0.4) is 0 Å². The molecule has 18 heavy (non-hydrogen) atoms. The molecule has 3 nitrogen and oxygen atoms in total. The van der Waals surface area contributed by atoms with Crippen LogP contribution in [0.15, 0.2) is 36.8 Å². The molecule has 2 heterocycles. The molecule has 2 aromatic rings. The molecule has 0 radical (unpaired) electrons. The van der Waals surface area contributed by atoms with E-state index in [4.69, 9.17) is 11.6 Å². The van der Waals surface area contributed by atoms with Crippen molar-refractivity contribution in [1.29, 1.82) is 0 Å². The second-order valence-electron chi connectivity index (χ2n) is 4.16. The van der Waals surface area contributed by atoms with E-state index >= 15 is 0 Å². The van der Waals surface area contributed by atoms with Gasteiger partial charge in [-0.25, -0.2) is 0 Å². The molecule has 0 aliphatic heterocycles. The molecule has 0 spiro atoms. The zero-order chi connectivity index (χ0) is 13.0. The van der Waals surface area contributed by atoms with Gasteiger partial charge in [-0.2, -0.15) is 0 Å². The molecule has 0 aliphatic rings. The monoisotopic (exact) mass is 261 g/mol. The highest BCUT2D eigenvalue weighted by Gasteiger charge is 2.17. The maximum atomic E-state index is 6.22. The normalized spacial score (nSPS) is 12.4. The Labute approximate surface area is 112 Å². The number of rotatable bonds is 4. The summed E-state index contributed by atoms with van der Waals surface area (Å²) in [6.07, 6.45) is 5.45. The molecule has 0 bridgehead atoms. The zero-order valence-electron chi connectivity index (χ0n) is 10.5. The Kier molecular flexibility index (Phi) is 4.28. The van der Waals surface area contributed by atoms with E-state index in [2.05, 4.69) is 28.3 Å². The van der Waals surface area contributed by atoms with E-state index in [0.717, 1.165) is 23.4 Å². The van der Waals surface area contributed by atoms with E-state index in [1.54, 1.807) is 6.20 Å². The molecule has 0 aliphatic carbocycles. The second kappa shape index (κ2) is 5.94. The van der Waals surface area contributed by atoms with Crippen molar-refractivity contribution in [1.82, 2.24) is 15.3 Å². The highest BCUT2D eigenvalue weighted by Crippen LogP contribution is 2.26. The first-order valence-electron chi connectivity index (χ1n) is 5.97. The molecular weight excluding hydrogens is 246 g/mol. The maximum Gasteiger partial charge on any atom is 0.0804 e. The number of pyridine rings is 2. The first kappa shape index (κ1) is 13.0. The van der Waals surface area contributed by atoms with Crippen molar-refractivity contribution >= 4 is 11.6 Å². The van der Waals surface area contributed by atoms with Gasteiger partial charge in [-0.15, -0.1) is 0 Å². The Morgan fingerprint density at radius 2 is 2.22 bits per heavy atom. The summed E-state index contributed by atoms with van der Waals surface area (Å²) >= 11 is 6.22. The van der Waals surface area contributed by atoms with Gasteiger partial charge in [0.15, 0.2) is 0 Å². The van der Waals surface area contributed by atoms with Gasteiger partial charge in [-0.05, 0) is 36.7 Å². The summed E-state index contributed by atoms with van der Waals surface area (Å²) in [5.74, 6) is 0. The van der Waals surface area contributed by atoms with Gasteiger partial charge in [-0.1, -0.05) is 24.6 Å². The third kappa shape index (κ3) is 2.86. The highest BCUT2D eigenvalue weighted by molar-refractivity contribution is 6.31. The van der Waals surface area contributed by atoms with Gasteiger partial charge >= 0.3 is 0 Å². The lowest BCUT2D eigenvalue weighted by atomic mass is 10.0. The molecule has 2 rings (SSSR count). The van der Waals surface area contributed by atoms with Gasteiger partial charge in [0.05, 0.1) is 16.8 Å². The van der Waals surface area contributed by atoms with E-state index in [0.29, 0.717) is 5.02 Å². The van der Waals surface area contributed by atoms with Crippen molar-refractivity contribution < 1.29 is 0 Å². The molecule has 2 aromatic heterocycles. The van der Waals surface area contributed by atoms with Crippen LogP contribution < -0.4 is 5.32 Å². The van der Waals surface area contributed by atoms with Crippen molar-refractivity contribution in [2.24, 2.45) is 0 Å². The number of hydrogen-bond donors (Lipinski definition) is 1. The van der Waals surface area contributed by atoms with Gasteiger partial charge in [0, 0.05) is 18.6 Å². The first-order chi connectivity index (χ1) is 8.72. The molecule has 1 N–H and O–H groups in total. The fourth-order valence-electron chi connectivity index (χ4n) is 1.92. The van der Waals surface area contributed by atoms with E-state index in [9.17, 15) is 0 Å². The Morgan fingerprint density at radius 1 is 1.39 bits per heavy atom. The predicted molar refractivity (Wildman–Crippen MR) is 73.7 cm³/mol. The number of nitrogens with one attached hydrogen (secondary N) is 1. The van der Waals surface area contributed by atoms with Crippen LogP contribution in [0.1, 0.15) is 29.8 Å². The Hall–Kier alpha value is -1.45. The summed E-state index contributed by atoms with van der Waals surface area (Å²) in [5, 5.41) is 4.07. The first-order valence-corrected chi connectivity index (χ1v) is 6.35. The fourth-order valence-corrected chi connectivity index (χ4v) is 2.15. The quantitative estimate of drug-likeness (QED) is 0.919. The lowest BCUT2D eigenvalue weighted by Crippen LogP contribution is -2.23. The minimum Gasteiger partial charge on any atom is -0.305 e. The van der Waals surface area contributed by atoms with Crippen molar-refractivity contribution in [3.63, 3.8) is 0 Å². The molecule has 1 atom stereocenters. The molecule has 94 valence electrons. The molecule has 0 aromatic carbocycles. The standard InChI is InChI=1S/C14H16ClN3/c1-3-17-13(11-7-10(2)8-16-9-11)14-12(15)5-4-6-18-14/h4-9,13,17H,3H2,1-2H3. The van der Waals surface area contributed by atoms with Crippen LogP contribution in [0, 0.1) is 6.92 Å². The average Bonchev–Trinajstić information content (AvgIpc) is 2.37. The van der Waals surface area contributed by atoms with Crippen molar-refractivity contribution in [2.75, 3.05) is 6.54 Å². The Bertz CT molecular complexity index is 528. The smallest absolute Gasteiger partial charge is 0.0804 e. The molecule has 4 heteroatoms. The Morgan fingerprint density at radius 3 is 2.89 bits per heavy atom. The van der Waals surface area contributed by atoms with Crippen LogP contribution in [-0.2, 0) is 0 Å². The largest absolute Gasteiger partial charge is 0.305 e. The average molecular weight is 262 g/mol. The third-order valence-corrected chi connectivity index (χ3v) is 3.02. The summed E-state index contributed by atoms with van der Waals surface area (Å²) in [4.78, 5) is 8.61. The molecule has 0 saturated heterocycles. The van der Waals surface area contributed by atoms with Crippen LogP contribution in [-0.4, -0.2) is 16.5 Å². The van der Waals surface area contributed by atoms with E-state index < -0.39 is 0 Å².